The molecule has 6 heteroatoms. The van der Waals surface area contributed by atoms with E-state index in [1.807, 2.05) is 14.0 Å². The molecule has 2 aliphatic heterocycles. The minimum Gasteiger partial charge on any atom is -0.355 e. The minimum atomic E-state index is -0.378. The lowest BCUT2D eigenvalue weighted by Gasteiger charge is -2.38. The molecular weight excluding hydrogens is 244 g/mol. The first-order chi connectivity index (χ1) is 9.15. The zero-order chi connectivity index (χ0) is 13.5. The summed E-state index contributed by atoms with van der Waals surface area (Å²) < 4.78 is 13.2. The Morgan fingerprint density at radius 1 is 1.26 bits per heavy atom. The Morgan fingerprint density at radius 2 is 1.89 bits per heavy atom. The Bertz CT molecular complexity index is 515. The van der Waals surface area contributed by atoms with Gasteiger partial charge in [-0.25, -0.2) is 0 Å². The van der Waals surface area contributed by atoms with Gasteiger partial charge in [0.1, 0.15) is 17.5 Å². The Hall–Kier alpha value is -1.58. The molecule has 2 aliphatic rings. The SMILES string of the molecule is Cc1nn(C)c(N2CCC3(CC2)OCCO3)c1C#N. The van der Waals surface area contributed by atoms with Crippen molar-refractivity contribution >= 4 is 5.82 Å². The predicted octanol–water partition coefficient (Wildman–Crippen LogP) is 0.944. The summed E-state index contributed by atoms with van der Waals surface area (Å²) in [4.78, 5) is 2.20. The third-order valence-corrected chi connectivity index (χ3v) is 3.94. The van der Waals surface area contributed by atoms with Gasteiger partial charge in [-0.1, -0.05) is 0 Å². The summed E-state index contributed by atoms with van der Waals surface area (Å²) in [5.74, 6) is 0.532. The van der Waals surface area contributed by atoms with Gasteiger partial charge in [0.05, 0.1) is 18.9 Å². The predicted molar refractivity (Wildman–Crippen MR) is 68.7 cm³/mol. The second-order valence-corrected chi connectivity index (χ2v) is 5.11. The van der Waals surface area contributed by atoms with Gasteiger partial charge in [-0.2, -0.15) is 10.4 Å². The summed E-state index contributed by atoms with van der Waals surface area (Å²) in [7, 11) is 1.89. The molecular formula is C13H18N4O2. The highest BCUT2D eigenvalue weighted by Gasteiger charge is 2.40. The Morgan fingerprint density at radius 3 is 2.47 bits per heavy atom. The Labute approximate surface area is 112 Å². The molecule has 0 saturated carbocycles. The van der Waals surface area contributed by atoms with Crippen LogP contribution in [0.4, 0.5) is 5.82 Å². The summed E-state index contributed by atoms with van der Waals surface area (Å²) in [6.45, 7) is 4.90. The second-order valence-electron chi connectivity index (χ2n) is 5.11. The van der Waals surface area contributed by atoms with Crippen molar-refractivity contribution in [2.75, 3.05) is 31.2 Å². The number of nitriles is 1. The van der Waals surface area contributed by atoms with Gasteiger partial charge in [-0.3, -0.25) is 4.68 Å². The van der Waals surface area contributed by atoms with Crippen LogP contribution < -0.4 is 4.90 Å². The molecule has 0 radical (unpaired) electrons. The molecule has 0 amide bonds. The fraction of sp³-hybridized carbons (Fsp3) is 0.692. The molecule has 1 aromatic heterocycles. The van der Waals surface area contributed by atoms with Crippen molar-refractivity contribution in [3.05, 3.63) is 11.3 Å². The van der Waals surface area contributed by atoms with Crippen molar-refractivity contribution in [3.63, 3.8) is 0 Å². The lowest BCUT2D eigenvalue weighted by Crippen LogP contribution is -2.45. The quantitative estimate of drug-likeness (QED) is 0.754. The number of ether oxygens (including phenoxy) is 2. The van der Waals surface area contributed by atoms with Crippen LogP contribution in [0.25, 0.3) is 0 Å². The van der Waals surface area contributed by atoms with E-state index in [1.165, 1.54) is 0 Å². The van der Waals surface area contributed by atoms with Crippen LogP contribution in [0.15, 0.2) is 0 Å². The van der Waals surface area contributed by atoms with Gasteiger partial charge in [0.25, 0.3) is 0 Å². The van der Waals surface area contributed by atoms with Crippen LogP contribution in [-0.2, 0) is 16.5 Å². The maximum absolute atomic E-state index is 9.27. The van der Waals surface area contributed by atoms with Crippen LogP contribution in [0, 0.1) is 18.3 Å². The standard InChI is InChI=1S/C13H18N4O2/c1-10-11(9-14)12(16(2)15-10)17-5-3-13(4-6-17)18-7-8-19-13/h3-8H2,1-2H3. The fourth-order valence-corrected chi connectivity index (χ4v) is 2.98. The molecule has 1 spiro atoms. The zero-order valence-corrected chi connectivity index (χ0v) is 11.3. The number of anilines is 1. The first-order valence-electron chi connectivity index (χ1n) is 6.62. The highest BCUT2D eigenvalue weighted by atomic mass is 16.7. The number of piperidine rings is 1. The van der Waals surface area contributed by atoms with E-state index >= 15 is 0 Å². The number of aromatic nitrogens is 2. The maximum atomic E-state index is 9.27. The summed E-state index contributed by atoms with van der Waals surface area (Å²) in [6, 6.07) is 2.26. The molecule has 0 atom stereocenters. The van der Waals surface area contributed by atoms with Gasteiger partial charge in [-0.15, -0.1) is 0 Å². The van der Waals surface area contributed by atoms with Crippen molar-refractivity contribution in [2.24, 2.45) is 7.05 Å². The molecule has 0 aliphatic carbocycles. The van der Waals surface area contributed by atoms with Crippen LogP contribution in [-0.4, -0.2) is 41.9 Å². The molecule has 0 N–H and O–H groups in total. The van der Waals surface area contributed by atoms with Gasteiger partial charge in [-0.05, 0) is 6.92 Å². The lowest BCUT2D eigenvalue weighted by molar-refractivity contribution is -0.169. The van der Waals surface area contributed by atoms with Gasteiger partial charge in [0, 0.05) is 33.0 Å². The monoisotopic (exact) mass is 262 g/mol. The summed E-state index contributed by atoms with van der Waals surface area (Å²) in [5.41, 5.74) is 1.46. The average molecular weight is 262 g/mol. The van der Waals surface area contributed by atoms with Crippen LogP contribution in [0.1, 0.15) is 24.1 Å². The molecule has 3 rings (SSSR count). The van der Waals surface area contributed by atoms with E-state index in [0.29, 0.717) is 18.8 Å². The number of nitrogens with zero attached hydrogens (tertiary/aromatic N) is 4. The molecule has 0 bridgehead atoms. The summed E-state index contributed by atoms with van der Waals surface area (Å²) in [6.07, 6.45) is 1.67. The number of hydrogen-bond donors (Lipinski definition) is 0. The average Bonchev–Trinajstić information content (AvgIpc) is 2.96. The van der Waals surface area contributed by atoms with Crippen molar-refractivity contribution < 1.29 is 9.47 Å². The number of rotatable bonds is 1. The minimum absolute atomic E-state index is 0.378. The van der Waals surface area contributed by atoms with E-state index in [0.717, 1.165) is 37.4 Å². The van der Waals surface area contributed by atoms with Crippen molar-refractivity contribution in [1.29, 1.82) is 5.26 Å². The highest BCUT2D eigenvalue weighted by molar-refractivity contribution is 5.57. The number of hydrogen-bond acceptors (Lipinski definition) is 5. The zero-order valence-electron chi connectivity index (χ0n) is 11.3. The fourth-order valence-electron chi connectivity index (χ4n) is 2.98. The van der Waals surface area contributed by atoms with E-state index in [2.05, 4.69) is 16.1 Å². The number of aryl methyl sites for hydroxylation is 2. The van der Waals surface area contributed by atoms with Crippen molar-refractivity contribution in [1.82, 2.24) is 9.78 Å². The van der Waals surface area contributed by atoms with E-state index < -0.39 is 0 Å². The third kappa shape index (κ3) is 1.99. The second kappa shape index (κ2) is 4.51. The molecule has 1 aromatic rings. The van der Waals surface area contributed by atoms with E-state index in [4.69, 9.17) is 9.47 Å². The molecule has 0 aromatic carbocycles. The molecule has 0 unspecified atom stereocenters. The van der Waals surface area contributed by atoms with Crippen LogP contribution in [0.2, 0.25) is 0 Å². The summed E-state index contributed by atoms with van der Waals surface area (Å²) >= 11 is 0. The topological polar surface area (TPSA) is 63.3 Å². The van der Waals surface area contributed by atoms with Crippen LogP contribution >= 0.6 is 0 Å². The first kappa shape index (κ1) is 12.5. The molecule has 102 valence electrons. The summed E-state index contributed by atoms with van der Waals surface area (Å²) in [5, 5.41) is 13.6. The Kier molecular flexibility index (Phi) is 2.96. The smallest absolute Gasteiger partial charge is 0.171 e. The normalized spacial score (nSPS) is 21.8. The van der Waals surface area contributed by atoms with Gasteiger partial charge in [0.15, 0.2) is 5.79 Å². The van der Waals surface area contributed by atoms with E-state index in [1.54, 1.807) is 4.68 Å². The van der Waals surface area contributed by atoms with Crippen molar-refractivity contribution in [3.8, 4) is 6.07 Å². The molecule has 2 saturated heterocycles. The largest absolute Gasteiger partial charge is 0.355 e. The molecule has 6 nitrogen and oxygen atoms in total. The first-order valence-corrected chi connectivity index (χ1v) is 6.62. The van der Waals surface area contributed by atoms with Gasteiger partial charge < -0.3 is 14.4 Å². The van der Waals surface area contributed by atoms with E-state index in [9.17, 15) is 5.26 Å². The Balaban J connectivity index is 1.80. The third-order valence-electron chi connectivity index (χ3n) is 3.94. The lowest BCUT2D eigenvalue weighted by atomic mass is 10.0. The molecule has 19 heavy (non-hydrogen) atoms. The highest BCUT2D eigenvalue weighted by Crippen LogP contribution is 2.34. The molecule has 2 fully saturated rings. The molecule has 3 heterocycles. The van der Waals surface area contributed by atoms with E-state index in [-0.39, 0.29) is 5.79 Å². The maximum Gasteiger partial charge on any atom is 0.171 e. The van der Waals surface area contributed by atoms with Crippen molar-refractivity contribution in [2.45, 2.75) is 25.6 Å². The van der Waals surface area contributed by atoms with Gasteiger partial charge >= 0.3 is 0 Å². The van der Waals surface area contributed by atoms with Crippen LogP contribution in [0.5, 0.6) is 0 Å². The van der Waals surface area contributed by atoms with Gasteiger partial charge in [0.2, 0.25) is 0 Å². The van der Waals surface area contributed by atoms with Crippen LogP contribution in [0.3, 0.4) is 0 Å².